The van der Waals surface area contributed by atoms with Crippen molar-refractivity contribution in [1.82, 2.24) is 14.8 Å². The van der Waals surface area contributed by atoms with E-state index in [4.69, 9.17) is 15.2 Å². The van der Waals surface area contributed by atoms with Crippen LogP contribution in [0.15, 0.2) is 22.7 Å². The first kappa shape index (κ1) is 21.8. The van der Waals surface area contributed by atoms with E-state index in [1.807, 2.05) is 17.5 Å². The number of nitrogens with zero attached hydrogens (tertiary/aromatic N) is 4. The normalized spacial score (nSPS) is 15.8. The highest BCUT2D eigenvalue weighted by atomic mass is 32.2. The summed E-state index contributed by atoms with van der Waals surface area (Å²) in [7, 11) is 0. The van der Waals surface area contributed by atoms with Crippen LogP contribution in [0.4, 0.5) is 5.00 Å². The van der Waals surface area contributed by atoms with Crippen molar-refractivity contribution >= 4 is 45.4 Å². The molecule has 2 N–H and O–H groups in total. The fourth-order valence-electron chi connectivity index (χ4n) is 3.38. The van der Waals surface area contributed by atoms with Crippen LogP contribution in [0.25, 0.3) is 10.7 Å². The van der Waals surface area contributed by atoms with Gasteiger partial charge in [0, 0.05) is 17.9 Å². The summed E-state index contributed by atoms with van der Waals surface area (Å²) < 4.78 is 13.0. The maximum Gasteiger partial charge on any atom is 0.348 e. The Labute approximate surface area is 192 Å². The molecule has 0 aromatic carbocycles. The Hall–Kier alpha value is -2.39. The van der Waals surface area contributed by atoms with Gasteiger partial charge in [-0.2, -0.15) is 5.26 Å². The molecule has 0 bridgehead atoms. The van der Waals surface area contributed by atoms with Crippen molar-refractivity contribution in [3.05, 3.63) is 33.5 Å². The summed E-state index contributed by atoms with van der Waals surface area (Å²) in [5.41, 5.74) is 6.90. The Morgan fingerprint density at radius 2 is 2.39 bits per heavy atom. The van der Waals surface area contributed by atoms with Crippen molar-refractivity contribution in [2.45, 2.75) is 43.3 Å². The zero-order chi connectivity index (χ0) is 21.8. The van der Waals surface area contributed by atoms with E-state index in [1.54, 1.807) is 18.3 Å². The Bertz CT molecular complexity index is 1090. The lowest BCUT2D eigenvalue weighted by Gasteiger charge is -2.14. The van der Waals surface area contributed by atoms with E-state index < -0.39 is 5.97 Å². The summed E-state index contributed by atoms with van der Waals surface area (Å²) in [4.78, 5) is 13.8. The Morgan fingerprint density at radius 1 is 1.52 bits per heavy atom. The lowest BCUT2D eigenvalue weighted by atomic mass is 10.2. The monoisotopic (exact) mass is 475 g/mol. The largest absolute Gasteiger partial charge is 0.462 e. The quantitative estimate of drug-likeness (QED) is 0.381. The maximum atomic E-state index is 12.4. The highest BCUT2D eigenvalue weighted by Crippen LogP contribution is 2.36. The molecular formula is C20H21N5O3S3. The molecule has 1 aliphatic rings. The molecule has 31 heavy (non-hydrogen) atoms. The Kier molecular flexibility index (Phi) is 6.92. The van der Waals surface area contributed by atoms with Gasteiger partial charge in [-0.05, 0) is 31.2 Å². The minimum absolute atomic E-state index is 0.121. The van der Waals surface area contributed by atoms with E-state index in [0.29, 0.717) is 38.5 Å². The number of hydrogen-bond donors (Lipinski definition) is 1. The van der Waals surface area contributed by atoms with Crippen LogP contribution in [0.1, 0.15) is 40.6 Å². The van der Waals surface area contributed by atoms with Gasteiger partial charge >= 0.3 is 5.97 Å². The van der Waals surface area contributed by atoms with Gasteiger partial charge in [0.15, 0.2) is 11.0 Å². The predicted molar refractivity (Wildman–Crippen MR) is 121 cm³/mol. The van der Waals surface area contributed by atoms with Crippen LogP contribution in [0.3, 0.4) is 0 Å². The summed E-state index contributed by atoms with van der Waals surface area (Å²) in [5, 5.41) is 21.4. The maximum absolute atomic E-state index is 12.4. The van der Waals surface area contributed by atoms with Crippen LogP contribution in [0.2, 0.25) is 0 Å². The molecule has 0 amide bonds. The molecule has 8 nitrogen and oxygen atoms in total. The number of nitriles is 1. The zero-order valence-corrected chi connectivity index (χ0v) is 19.3. The molecule has 3 aromatic heterocycles. The number of thioether (sulfide) groups is 1. The molecule has 0 radical (unpaired) electrons. The number of carbonyl (C=O) groups excluding carboxylic acids is 1. The zero-order valence-electron chi connectivity index (χ0n) is 16.9. The van der Waals surface area contributed by atoms with Crippen LogP contribution in [0.5, 0.6) is 0 Å². The van der Waals surface area contributed by atoms with Gasteiger partial charge in [0.2, 0.25) is 0 Å². The summed E-state index contributed by atoms with van der Waals surface area (Å²) in [6.07, 6.45) is 2.17. The average molecular weight is 476 g/mol. The van der Waals surface area contributed by atoms with E-state index >= 15 is 0 Å². The number of hydrogen-bond acceptors (Lipinski definition) is 10. The molecule has 1 atom stereocenters. The topological polar surface area (TPSA) is 116 Å². The Morgan fingerprint density at radius 3 is 3.06 bits per heavy atom. The van der Waals surface area contributed by atoms with E-state index in [-0.39, 0.29) is 12.7 Å². The smallest absolute Gasteiger partial charge is 0.348 e. The highest BCUT2D eigenvalue weighted by molar-refractivity contribution is 7.98. The number of ether oxygens (including phenoxy) is 2. The second-order valence-electron chi connectivity index (χ2n) is 6.80. The van der Waals surface area contributed by atoms with Crippen molar-refractivity contribution in [1.29, 1.82) is 5.26 Å². The number of nitrogen functional groups attached to an aromatic ring is 1. The molecule has 3 aromatic rings. The number of anilines is 1. The van der Waals surface area contributed by atoms with Crippen molar-refractivity contribution in [2.24, 2.45) is 0 Å². The molecule has 4 rings (SSSR count). The standard InChI is InChI=1S/C20H21N5O3S3/c1-2-27-19(26)16-14(13(9-21)17(22)31-16)11-30-20-24-23-18(15-6-4-8-29-15)25(20)10-12-5-3-7-28-12/h4,6,8,12H,2-3,5,7,10-11,22H2,1H3/t12-/m1/s1. The number of esters is 1. The van der Waals surface area contributed by atoms with Crippen molar-refractivity contribution < 1.29 is 14.3 Å². The number of carbonyl (C=O) groups is 1. The predicted octanol–water partition coefficient (Wildman–Crippen LogP) is 4.17. The van der Waals surface area contributed by atoms with Crippen LogP contribution >= 0.6 is 34.4 Å². The van der Waals surface area contributed by atoms with Crippen molar-refractivity contribution in [3.63, 3.8) is 0 Å². The lowest BCUT2D eigenvalue weighted by molar-refractivity contribution is 0.0531. The van der Waals surface area contributed by atoms with Crippen LogP contribution in [-0.2, 0) is 21.8 Å². The fourth-order valence-corrected chi connectivity index (χ4v) is 6.10. The minimum atomic E-state index is -0.462. The first-order valence-corrected chi connectivity index (χ1v) is 12.5. The molecule has 4 heterocycles. The third-order valence-electron chi connectivity index (χ3n) is 4.82. The summed E-state index contributed by atoms with van der Waals surface area (Å²) >= 11 is 4.12. The van der Waals surface area contributed by atoms with E-state index in [0.717, 1.165) is 41.5 Å². The third-order valence-corrected chi connectivity index (χ3v) is 7.72. The van der Waals surface area contributed by atoms with Gasteiger partial charge in [0.25, 0.3) is 0 Å². The number of aromatic nitrogens is 3. The third kappa shape index (κ3) is 4.62. The summed E-state index contributed by atoms with van der Waals surface area (Å²) in [5.74, 6) is 0.694. The first-order valence-electron chi connectivity index (χ1n) is 9.82. The first-order chi connectivity index (χ1) is 15.1. The molecule has 0 saturated carbocycles. The van der Waals surface area contributed by atoms with Gasteiger partial charge in [-0.1, -0.05) is 17.8 Å². The molecule has 0 unspecified atom stereocenters. The number of rotatable bonds is 8. The van der Waals surface area contributed by atoms with Gasteiger partial charge < -0.3 is 15.2 Å². The van der Waals surface area contributed by atoms with Crippen LogP contribution < -0.4 is 5.73 Å². The molecule has 0 spiro atoms. The van der Waals surface area contributed by atoms with Gasteiger partial charge in [-0.3, -0.25) is 4.57 Å². The SMILES string of the molecule is CCOC(=O)c1sc(N)c(C#N)c1CSc1nnc(-c2cccs2)n1C[C@H]1CCCO1. The van der Waals surface area contributed by atoms with E-state index in [1.165, 1.54) is 11.8 Å². The second kappa shape index (κ2) is 9.82. The van der Waals surface area contributed by atoms with Gasteiger partial charge in [0.1, 0.15) is 15.9 Å². The van der Waals surface area contributed by atoms with Gasteiger partial charge in [-0.15, -0.1) is 32.9 Å². The summed E-state index contributed by atoms with van der Waals surface area (Å²) in [6, 6.07) is 6.12. The number of thiophene rings is 2. The lowest BCUT2D eigenvalue weighted by Crippen LogP contribution is -2.16. The molecule has 11 heteroatoms. The average Bonchev–Trinajstić information content (AvgIpc) is 3.55. The molecule has 1 aliphatic heterocycles. The summed E-state index contributed by atoms with van der Waals surface area (Å²) in [6.45, 7) is 3.43. The van der Waals surface area contributed by atoms with Gasteiger partial charge in [0.05, 0.1) is 29.7 Å². The van der Waals surface area contributed by atoms with Crippen LogP contribution in [0, 0.1) is 11.3 Å². The Balaban J connectivity index is 1.63. The fraction of sp³-hybridized carbons (Fsp3) is 0.400. The second-order valence-corrected chi connectivity index (χ2v) is 9.74. The molecule has 0 aliphatic carbocycles. The molecule has 162 valence electrons. The van der Waals surface area contributed by atoms with Gasteiger partial charge in [-0.25, -0.2) is 4.79 Å². The molecule has 1 fully saturated rings. The minimum Gasteiger partial charge on any atom is -0.462 e. The van der Waals surface area contributed by atoms with E-state index in [9.17, 15) is 10.1 Å². The molecule has 1 saturated heterocycles. The number of nitrogens with two attached hydrogens (primary N) is 1. The van der Waals surface area contributed by atoms with E-state index in [2.05, 4.69) is 20.8 Å². The highest BCUT2D eigenvalue weighted by Gasteiger charge is 2.25. The van der Waals surface area contributed by atoms with Crippen molar-refractivity contribution in [2.75, 3.05) is 18.9 Å². The van der Waals surface area contributed by atoms with Crippen molar-refractivity contribution in [3.8, 4) is 16.8 Å². The molecular weight excluding hydrogens is 454 g/mol. The van der Waals surface area contributed by atoms with Crippen LogP contribution in [-0.4, -0.2) is 40.1 Å².